The highest BCUT2D eigenvalue weighted by Crippen LogP contribution is 2.41. The smallest absolute Gasteiger partial charge is 0.414 e. The van der Waals surface area contributed by atoms with E-state index in [2.05, 4.69) is 13.6 Å². The maximum atomic E-state index is 9.10. The van der Waals surface area contributed by atoms with Crippen LogP contribution in [0.5, 0.6) is 5.75 Å². The van der Waals surface area contributed by atoms with Gasteiger partial charge in [-0.2, -0.15) is 8.75 Å². The molecule has 10 heteroatoms. The van der Waals surface area contributed by atoms with E-state index >= 15 is 0 Å². The van der Waals surface area contributed by atoms with Crippen LogP contribution in [0.15, 0.2) is 35.4 Å². The summed E-state index contributed by atoms with van der Waals surface area (Å²) in [4.78, 5) is 20.8. The molecule has 0 radical (unpaired) electrons. The quantitative estimate of drug-likeness (QED) is 0.400. The monoisotopic (exact) mass is 437 g/mol. The SMILES string of the molecule is O=C(O)C(=O)O.c1ccc(OCCSc2nsnc2C2CN3CCCC2C3)cc1. The van der Waals surface area contributed by atoms with Crippen LogP contribution in [0.3, 0.4) is 0 Å². The first-order valence-corrected chi connectivity index (χ1v) is 11.1. The molecular weight excluding hydrogens is 414 g/mol. The molecule has 2 aliphatic rings. The fraction of sp³-hybridized carbons (Fsp3) is 0.474. The maximum Gasteiger partial charge on any atom is 0.414 e. The van der Waals surface area contributed by atoms with Crippen molar-refractivity contribution in [1.29, 1.82) is 0 Å². The van der Waals surface area contributed by atoms with Crippen LogP contribution in [0.4, 0.5) is 0 Å². The molecule has 0 saturated carbocycles. The molecule has 156 valence electrons. The third-order valence-corrected chi connectivity index (χ3v) is 6.52. The molecule has 2 N–H and O–H groups in total. The van der Waals surface area contributed by atoms with Gasteiger partial charge in [0.05, 0.1) is 24.0 Å². The molecule has 2 aliphatic heterocycles. The number of para-hydroxylation sites is 1. The lowest BCUT2D eigenvalue weighted by atomic mass is 9.89. The second kappa shape index (κ2) is 10.6. The number of carboxylic acids is 2. The topological polar surface area (TPSA) is 113 Å². The minimum absolute atomic E-state index is 0.591. The molecule has 3 unspecified atom stereocenters. The number of aliphatic carboxylic acids is 2. The number of fused-ring (bicyclic) bond motifs is 2. The van der Waals surface area contributed by atoms with Crippen molar-refractivity contribution in [3.63, 3.8) is 0 Å². The zero-order valence-electron chi connectivity index (χ0n) is 15.8. The van der Waals surface area contributed by atoms with Crippen molar-refractivity contribution < 1.29 is 24.5 Å². The number of carbonyl (C=O) groups is 2. The molecule has 2 fully saturated rings. The highest BCUT2D eigenvalue weighted by Gasteiger charge is 2.38. The Hall–Kier alpha value is -2.17. The Bertz CT molecular complexity index is 805. The van der Waals surface area contributed by atoms with E-state index < -0.39 is 11.9 Å². The van der Waals surface area contributed by atoms with Crippen LogP contribution in [0, 0.1) is 5.92 Å². The van der Waals surface area contributed by atoms with Crippen molar-refractivity contribution in [3.8, 4) is 5.75 Å². The minimum Gasteiger partial charge on any atom is -0.493 e. The average Bonchev–Trinajstić information content (AvgIpc) is 3.29. The molecule has 29 heavy (non-hydrogen) atoms. The van der Waals surface area contributed by atoms with Crippen LogP contribution in [0.25, 0.3) is 0 Å². The minimum atomic E-state index is -1.82. The van der Waals surface area contributed by atoms with Gasteiger partial charge in [-0.05, 0) is 37.4 Å². The summed E-state index contributed by atoms with van der Waals surface area (Å²) in [6.07, 6.45) is 2.69. The number of aromatic nitrogens is 2. The number of thioether (sulfide) groups is 1. The Morgan fingerprint density at radius 2 is 1.93 bits per heavy atom. The van der Waals surface area contributed by atoms with Gasteiger partial charge >= 0.3 is 11.9 Å². The van der Waals surface area contributed by atoms with Crippen LogP contribution in [0.2, 0.25) is 0 Å². The third kappa shape index (κ3) is 6.15. The van der Waals surface area contributed by atoms with Crippen molar-refractivity contribution in [2.75, 3.05) is 32.0 Å². The molecule has 2 saturated heterocycles. The summed E-state index contributed by atoms with van der Waals surface area (Å²) in [7, 11) is 0. The van der Waals surface area contributed by atoms with Gasteiger partial charge in [0.25, 0.3) is 0 Å². The number of ether oxygens (including phenoxy) is 1. The van der Waals surface area contributed by atoms with Crippen molar-refractivity contribution in [1.82, 2.24) is 13.6 Å². The predicted octanol–water partition coefficient (Wildman–Crippen LogP) is 2.67. The zero-order valence-corrected chi connectivity index (χ0v) is 17.4. The van der Waals surface area contributed by atoms with Gasteiger partial charge in [0, 0.05) is 24.8 Å². The van der Waals surface area contributed by atoms with Crippen molar-refractivity contribution in [2.24, 2.45) is 5.92 Å². The summed E-state index contributed by atoms with van der Waals surface area (Å²) in [5, 5.41) is 15.9. The highest BCUT2D eigenvalue weighted by atomic mass is 32.2. The normalized spacial score (nSPS) is 22.4. The maximum absolute atomic E-state index is 9.10. The lowest BCUT2D eigenvalue weighted by molar-refractivity contribution is -0.159. The number of hydrogen-bond acceptors (Lipinski definition) is 8. The van der Waals surface area contributed by atoms with E-state index in [1.165, 1.54) is 49.9 Å². The third-order valence-electron chi connectivity index (χ3n) is 4.92. The zero-order chi connectivity index (χ0) is 20.6. The largest absolute Gasteiger partial charge is 0.493 e. The number of carboxylic acid groups (broad SMARTS) is 2. The van der Waals surface area contributed by atoms with E-state index in [4.69, 9.17) is 24.5 Å². The Labute approximate surface area is 177 Å². The highest BCUT2D eigenvalue weighted by molar-refractivity contribution is 7.99. The second-order valence-electron chi connectivity index (χ2n) is 6.84. The fourth-order valence-corrected chi connectivity index (χ4v) is 5.24. The Balaban J connectivity index is 0.000000353. The number of benzene rings is 1. The van der Waals surface area contributed by atoms with Crippen LogP contribution >= 0.6 is 23.5 Å². The Kier molecular flexibility index (Phi) is 7.84. The van der Waals surface area contributed by atoms with Gasteiger partial charge in [-0.25, -0.2) is 9.59 Å². The summed E-state index contributed by atoms with van der Waals surface area (Å²) in [5.41, 5.74) is 1.24. The van der Waals surface area contributed by atoms with E-state index in [-0.39, 0.29) is 0 Å². The molecule has 2 aromatic rings. The summed E-state index contributed by atoms with van der Waals surface area (Å²) in [6, 6.07) is 9.99. The van der Waals surface area contributed by atoms with E-state index in [1.54, 1.807) is 11.8 Å². The number of nitrogens with zero attached hydrogens (tertiary/aromatic N) is 3. The lowest BCUT2D eigenvalue weighted by Crippen LogP contribution is -2.25. The van der Waals surface area contributed by atoms with Gasteiger partial charge in [-0.15, -0.1) is 0 Å². The summed E-state index contributed by atoms with van der Waals surface area (Å²) >= 11 is 3.15. The number of piperidine rings is 1. The van der Waals surface area contributed by atoms with E-state index in [9.17, 15) is 0 Å². The molecule has 8 nitrogen and oxygen atoms in total. The van der Waals surface area contributed by atoms with Crippen molar-refractivity contribution >= 4 is 35.4 Å². The summed E-state index contributed by atoms with van der Waals surface area (Å²) in [5.74, 6) is -0.428. The van der Waals surface area contributed by atoms with E-state index in [0.29, 0.717) is 12.5 Å². The first-order valence-electron chi connectivity index (χ1n) is 9.36. The fourth-order valence-electron chi connectivity index (χ4n) is 3.65. The molecule has 3 heterocycles. The molecule has 3 atom stereocenters. The Morgan fingerprint density at radius 1 is 1.17 bits per heavy atom. The van der Waals surface area contributed by atoms with E-state index in [0.717, 1.165) is 22.4 Å². The van der Waals surface area contributed by atoms with Gasteiger partial charge in [0.15, 0.2) is 0 Å². The average molecular weight is 438 g/mol. The Morgan fingerprint density at radius 3 is 2.62 bits per heavy atom. The van der Waals surface area contributed by atoms with E-state index in [1.807, 2.05) is 30.3 Å². The lowest BCUT2D eigenvalue weighted by Gasteiger charge is -2.21. The van der Waals surface area contributed by atoms with Crippen molar-refractivity contribution in [3.05, 3.63) is 36.0 Å². The van der Waals surface area contributed by atoms with Crippen LogP contribution in [-0.4, -0.2) is 67.8 Å². The van der Waals surface area contributed by atoms with Gasteiger partial charge in [0.1, 0.15) is 10.8 Å². The second-order valence-corrected chi connectivity index (χ2v) is 8.46. The van der Waals surface area contributed by atoms with Gasteiger partial charge < -0.3 is 19.8 Å². The van der Waals surface area contributed by atoms with Crippen molar-refractivity contribution in [2.45, 2.75) is 23.8 Å². The number of rotatable bonds is 6. The summed E-state index contributed by atoms with van der Waals surface area (Å²) in [6.45, 7) is 4.39. The number of hydrogen-bond donors (Lipinski definition) is 2. The first-order chi connectivity index (χ1) is 14.0. The predicted molar refractivity (Wildman–Crippen MR) is 110 cm³/mol. The molecule has 2 bridgehead atoms. The van der Waals surface area contributed by atoms with Gasteiger partial charge in [-0.1, -0.05) is 30.0 Å². The molecule has 1 aromatic carbocycles. The molecule has 0 spiro atoms. The summed E-state index contributed by atoms with van der Waals surface area (Å²) < 4.78 is 14.9. The first kappa shape index (κ1) is 21.5. The molecular formula is C19H23N3O5S2. The molecule has 4 rings (SSSR count). The molecule has 0 amide bonds. The van der Waals surface area contributed by atoms with Crippen LogP contribution in [-0.2, 0) is 9.59 Å². The van der Waals surface area contributed by atoms with Gasteiger partial charge in [-0.3, -0.25) is 0 Å². The van der Waals surface area contributed by atoms with Crippen LogP contribution in [0.1, 0.15) is 24.5 Å². The molecule has 1 aromatic heterocycles. The standard InChI is InChI=1S/C17H21N3OS2.C2H2O4/c1-2-6-14(7-3-1)21-9-10-22-17-16(18-23-19-17)15-12-20-8-4-5-13(15)11-20;3-1(4)2(5)6/h1-3,6-7,13,15H,4-5,8-12H2;(H,3,4)(H,5,6). The molecule has 0 aliphatic carbocycles. The van der Waals surface area contributed by atoms with Crippen LogP contribution < -0.4 is 4.74 Å². The van der Waals surface area contributed by atoms with Gasteiger partial charge in [0.2, 0.25) is 0 Å².